The number of piperazine rings is 1. The third kappa shape index (κ3) is 3.82. The molecule has 1 aliphatic carbocycles. The van der Waals surface area contributed by atoms with E-state index in [-0.39, 0.29) is 0 Å². The van der Waals surface area contributed by atoms with Gasteiger partial charge in [0.05, 0.1) is 6.67 Å². The molecule has 3 aromatic heterocycles. The lowest BCUT2D eigenvalue weighted by Gasteiger charge is -2.34. The molecule has 0 atom stereocenters. The Morgan fingerprint density at radius 2 is 1.79 bits per heavy atom. The van der Waals surface area contributed by atoms with Gasteiger partial charge in [-0.3, -0.25) is 19.4 Å². The quantitative estimate of drug-likeness (QED) is 0.578. The van der Waals surface area contributed by atoms with Gasteiger partial charge in [0.15, 0.2) is 10.6 Å². The van der Waals surface area contributed by atoms with Crippen molar-refractivity contribution < 1.29 is 0 Å². The van der Waals surface area contributed by atoms with Gasteiger partial charge in [-0.25, -0.2) is 4.68 Å². The highest BCUT2D eigenvalue weighted by molar-refractivity contribution is 7.71. The average Bonchev–Trinajstić information content (AvgIpc) is 3.33. The molecule has 1 aliphatic heterocycles. The van der Waals surface area contributed by atoms with Gasteiger partial charge in [0.2, 0.25) is 0 Å². The van der Waals surface area contributed by atoms with E-state index in [1.54, 1.807) is 0 Å². The van der Waals surface area contributed by atoms with Crippen LogP contribution < -0.4 is 0 Å². The van der Waals surface area contributed by atoms with Gasteiger partial charge < -0.3 is 0 Å². The Balaban J connectivity index is 1.29. The second-order valence-electron chi connectivity index (χ2n) is 7.56. The number of hydrogen-bond acceptors (Lipinski definition) is 6. The molecule has 8 heteroatoms. The maximum Gasteiger partial charge on any atom is 0.199 e. The Kier molecular flexibility index (Phi) is 5.11. The van der Waals surface area contributed by atoms with Gasteiger partial charge >= 0.3 is 0 Å². The van der Waals surface area contributed by atoms with Crippen LogP contribution in [0, 0.1) is 4.77 Å². The minimum atomic E-state index is 0.507. The number of hydrogen-bond donors (Lipinski definition) is 0. The van der Waals surface area contributed by atoms with Crippen LogP contribution >= 0.6 is 23.6 Å². The fourth-order valence-corrected chi connectivity index (χ4v) is 4.85. The van der Waals surface area contributed by atoms with Gasteiger partial charge in [0.1, 0.15) is 0 Å². The van der Waals surface area contributed by atoms with Crippen LogP contribution in [-0.4, -0.2) is 55.3 Å². The minimum absolute atomic E-state index is 0.507. The summed E-state index contributed by atoms with van der Waals surface area (Å²) in [6, 6.07) is 8.90. The van der Waals surface area contributed by atoms with Crippen LogP contribution in [0.5, 0.6) is 0 Å². The van der Waals surface area contributed by atoms with Crippen LogP contribution in [0.2, 0.25) is 0 Å². The molecule has 0 amide bonds. The third-order valence-electron chi connectivity index (χ3n) is 5.48. The van der Waals surface area contributed by atoms with Gasteiger partial charge in [-0.05, 0) is 48.6 Å². The summed E-state index contributed by atoms with van der Waals surface area (Å²) < 4.78 is 5.10. The van der Waals surface area contributed by atoms with Crippen molar-refractivity contribution in [1.29, 1.82) is 0 Å². The van der Waals surface area contributed by atoms with Crippen LogP contribution in [0.15, 0.2) is 42.0 Å². The van der Waals surface area contributed by atoms with Gasteiger partial charge in [0.25, 0.3) is 0 Å². The molecular formula is C20H24N6S2. The van der Waals surface area contributed by atoms with E-state index < -0.39 is 0 Å². The number of thiophene rings is 1. The Labute approximate surface area is 174 Å². The zero-order valence-electron chi connectivity index (χ0n) is 15.8. The second-order valence-corrected chi connectivity index (χ2v) is 8.96. The Hall–Kier alpha value is -1.87. The highest BCUT2D eigenvalue weighted by atomic mass is 32.1. The third-order valence-corrected chi connectivity index (χ3v) is 6.75. The standard InChI is InChI=1S/C20H24N6S2/c27-20-25(15-24-11-9-23(10-12-24)14-18-2-1-13-28-18)22-19(26(20)17-3-4-17)16-5-7-21-8-6-16/h1-2,5-8,13,17H,3-4,9-12,14-15H2. The molecule has 28 heavy (non-hydrogen) atoms. The van der Waals surface area contributed by atoms with E-state index in [1.165, 1.54) is 17.7 Å². The second kappa shape index (κ2) is 7.87. The van der Waals surface area contributed by atoms with Crippen LogP contribution in [0.25, 0.3) is 11.4 Å². The summed E-state index contributed by atoms with van der Waals surface area (Å²) in [5.74, 6) is 0.978. The zero-order valence-corrected chi connectivity index (χ0v) is 17.4. The Morgan fingerprint density at radius 3 is 2.46 bits per heavy atom. The summed E-state index contributed by atoms with van der Waals surface area (Å²) in [5, 5.41) is 7.07. The van der Waals surface area contributed by atoms with E-state index in [1.807, 2.05) is 40.5 Å². The SMILES string of the molecule is S=c1n(CN2CCN(Cc3cccs3)CC2)nc(-c2ccncc2)n1C1CC1. The molecule has 0 N–H and O–H groups in total. The van der Waals surface area contributed by atoms with E-state index in [2.05, 4.69) is 36.9 Å². The first kappa shape index (κ1) is 18.2. The summed E-state index contributed by atoms with van der Waals surface area (Å²) in [6.07, 6.45) is 6.03. The van der Waals surface area contributed by atoms with Crippen molar-refractivity contribution in [2.75, 3.05) is 26.2 Å². The Morgan fingerprint density at radius 1 is 1.04 bits per heavy atom. The largest absolute Gasteiger partial charge is 0.297 e. The Bertz CT molecular complexity index is 966. The molecule has 146 valence electrons. The molecule has 1 saturated carbocycles. The highest BCUT2D eigenvalue weighted by Gasteiger charge is 2.29. The molecule has 1 saturated heterocycles. The molecule has 2 fully saturated rings. The molecule has 0 aromatic carbocycles. The van der Waals surface area contributed by atoms with Crippen molar-refractivity contribution in [2.24, 2.45) is 0 Å². The van der Waals surface area contributed by atoms with Crippen LogP contribution in [0.3, 0.4) is 0 Å². The molecule has 4 heterocycles. The van der Waals surface area contributed by atoms with Crippen molar-refractivity contribution in [3.05, 3.63) is 51.7 Å². The molecule has 0 unspecified atom stereocenters. The number of aromatic nitrogens is 4. The predicted molar refractivity (Wildman–Crippen MR) is 114 cm³/mol. The minimum Gasteiger partial charge on any atom is -0.297 e. The van der Waals surface area contributed by atoms with E-state index in [4.69, 9.17) is 17.3 Å². The van der Waals surface area contributed by atoms with Gasteiger partial charge in [-0.1, -0.05) is 6.07 Å². The summed E-state index contributed by atoms with van der Waals surface area (Å²) in [7, 11) is 0. The lowest BCUT2D eigenvalue weighted by molar-refractivity contribution is 0.0987. The summed E-state index contributed by atoms with van der Waals surface area (Å²) >= 11 is 7.65. The van der Waals surface area contributed by atoms with Crippen molar-refractivity contribution in [3.63, 3.8) is 0 Å². The summed E-state index contributed by atoms with van der Waals surface area (Å²) in [5.41, 5.74) is 1.09. The summed E-state index contributed by atoms with van der Waals surface area (Å²) in [6.45, 7) is 6.11. The number of nitrogens with zero attached hydrogens (tertiary/aromatic N) is 6. The van der Waals surface area contributed by atoms with Crippen molar-refractivity contribution in [1.82, 2.24) is 29.1 Å². The first-order valence-corrected chi connectivity index (χ1v) is 11.1. The van der Waals surface area contributed by atoms with Crippen LogP contribution in [0.1, 0.15) is 23.8 Å². The van der Waals surface area contributed by atoms with Crippen molar-refractivity contribution >= 4 is 23.6 Å². The first-order valence-electron chi connectivity index (χ1n) is 9.85. The lowest BCUT2D eigenvalue weighted by atomic mass is 10.2. The maximum atomic E-state index is 5.81. The van der Waals surface area contributed by atoms with Crippen molar-refractivity contribution in [2.45, 2.75) is 32.1 Å². The first-order chi connectivity index (χ1) is 13.8. The molecule has 5 rings (SSSR count). The predicted octanol–water partition coefficient (Wildman–Crippen LogP) is 3.65. The van der Waals surface area contributed by atoms with Gasteiger partial charge in [0, 0.05) is 61.6 Å². The van der Waals surface area contributed by atoms with Crippen LogP contribution in [-0.2, 0) is 13.2 Å². The maximum absolute atomic E-state index is 5.81. The fourth-order valence-electron chi connectivity index (χ4n) is 3.77. The molecular weight excluding hydrogens is 388 g/mol. The lowest BCUT2D eigenvalue weighted by Crippen LogP contribution is -2.46. The number of pyridine rings is 1. The highest BCUT2D eigenvalue weighted by Crippen LogP contribution is 2.38. The van der Waals surface area contributed by atoms with Gasteiger partial charge in [-0.2, -0.15) is 5.10 Å². The van der Waals surface area contributed by atoms with E-state index in [0.29, 0.717) is 6.04 Å². The van der Waals surface area contributed by atoms with Crippen LogP contribution in [0.4, 0.5) is 0 Å². The van der Waals surface area contributed by atoms with Crippen molar-refractivity contribution in [3.8, 4) is 11.4 Å². The molecule has 0 bridgehead atoms. The van der Waals surface area contributed by atoms with E-state index in [0.717, 1.165) is 55.6 Å². The smallest absolute Gasteiger partial charge is 0.199 e. The molecule has 2 aliphatic rings. The van der Waals surface area contributed by atoms with Gasteiger partial charge in [-0.15, -0.1) is 11.3 Å². The zero-order chi connectivity index (χ0) is 18.9. The van der Waals surface area contributed by atoms with E-state index in [9.17, 15) is 0 Å². The molecule has 6 nitrogen and oxygen atoms in total. The summed E-state index contributed by atoms with van der Waals surface area (Å²) in [4.78, 5) is 10.6. The normalized spacial score (nSPS) is 18.6. The van der Waals surface area contributed by atoms with E-state index >= 15 is 0 Å². The number of rotatable bonds is 6. The fraction of sp³-hybridized carbons (Fsp3) is 0.450. The monoisotopic (exact) mass is 412 g/mol. The molecule has 0 spiro atoms. The molecule has 0 radical (unpaired) electrons. The topological polar surface area (TPSA) is 42.1 Å². The molecule has 3 aromatic rings. The average molecular weight is 413 g/mol.